The fraction of sp³-hybridized carbons (Fsp3) is 0.0667. The van der Waals surface area contributed by atoms with Crippen LogP contribution in [0.4, 0.5) is 5.69 Å². The molecule has 0 aliphatic carbocycles. The first-order chi connectivity index (χ1) is 9.22. The maximum atomic E-state index is 12.0. The normalized spacial score (nSPS) is 9.95. The lowest BCUT2D eigenvalue weighted by Crippen LogP contribution is -2.11. The third kappa shape index (κ3) is 3.45. The Morgan fingerprint density at radius 2 is 1.89 bits per heavy atom. The van der Waals surface area contributed by atoms with Crippen molar-refractivity contribution in [2.75, 3.05) is 11.6 Å². The number of thioether (sulfide) groups is 1. The molecule has 2 aromatic rings. The van der Waals surface area contributed by atoms with E-state index in [0.717, 1.165) is 11.2 Å². The Morgan fingerprint density at radius 1 is 1.16 bits per heavy atom. The summed E-state index contributed by atoms with van der Waals surface area (Å²) >= 11 is 1.63. The van der Waals surface area contributed by atoms with Crippen molar-refractivity contribution in [2.45, 2.75) is 4.90 Å². The molecule has 0 spiro atoms. The van der Waals surface area contributed by atoms with Crippen LogP contribution >= 0.6 is 11.8 Å². The van der Waals surface area contributed by atoms with Gasteiger partial charge in [0.15, 0.2) is 0 Å². The molecule has 0 saturated carbocycles. The summed E-state index contributed by atoms with van der Waals surface area (Å²) in [6.07, 6.45) is 2.74. The van der Waals surface area contributed by atoms with Gasteiger partial charge in [0.1, 0.15) is 6.29 Å². The minimum Gasteiger partial charge on any atom is -0.322 e. The number of aldehydes is 1. The third-order valence-corrected chi connectivity index (χ3v) is 3.38. The van der Waals surface area contributed by atoms with Gasteiger partial charge in [-0.25, -0.2) is 0 Å². The van der Waals surface area contributed by atoms with Crippen molar-refractivity contribution in [1.82, 2.24) is 0 Å². The Bertz CT molecular complexity index is 593. The number of nitrogens with one attached hydrogen (secondary N) is 1. The van der Waals surface area contributed by atoms with E-state index >= 15 is 0 Å². The number of benzene rings is 2. The predicted molar refractivity (Wildman–Crippen MR) is 78.0 cm³/mol. The summed E-state index contributed by atoms with van der Waals surface area (Å²) in [7, 11) is 0. The van der Waals surface area contributed by atoms with E-state index in [-0.39, 0.29) is 5.91 Å². The highest BCUT2D eigenvalue weighted by atomic mass is 32.2. The van der Waals surface area contributed by atoms with E-state index in [1.54, 1.807) is 48.2 Å². The largest absolute Gasteiger partial charge is 0.322 e. The van der Waals surface area contributed by atoms with Crippen molar-refractivity contribution >= 4 is 29.6 Å². The zero-order valence-electron chi connectivity index (χ0n) is 10.4. The van der Waals surface area contributed by atoms with E-state index in [2.05, 4.69) is 5.32 Å². The Kier molecular flexibility index (Phi) is 4.36. The first kappa shape index (κ1) is 13.4. The molecule has 1 N–H and O–H groups in total. The number of hydrogen-bond acceptors (Lipinski definition) is 3. The van der Waals surface area contributed by atoms with E-state index in [9.17, 15) is 9.59 Å². The van der Waals surface area contributed by atoms with Crippen molar-refractivity contribution in [3.05, 3.63) is 59.7 Å². The second-order valence-corrected chi connectivity index (χ2v) is 4.81. The average Bonchev–Trinajstić information content (AvgIpc) is 2.47. The molecular formula is C15H13NO2S. The van der Waals surface area contributed by atoms with Crippen LogP contribution in [0.3, 0.4) is 0 Å². The summed E-state index contributed by atoms with van der Waals surface area (Å²) in [6.45, 7) is 0. The molecule has 0 fully saturated rings. The molecule has 3 nitrogen and oxygen atoms in total. The summed E-state index contributed by atoms with van der Waals surface area (Å²) in [5.41, 5.74) is 1.74. The SMILES string of the molecule is CSc1ccc(C(=O)Nc2cccc(C=O)c2)cc1. The van der Waals surface area contributed by atoms with Crippen LogP contribution in [0.1, 0.15) is 20.7 Å². The third-order valence-electron chi connectivity index (χ3n) is 2.63. The van der Waals surface area contributed by atoms with E-state index in [4.69, 9.17) is 0 Å². The van der Waals surface area contributed by atoms with Crippen molar-refractivity contribution < 1.29 is 9.59 Å². The summed E-state index contributed by atoms with van der Waals surface area (Å²) in [6, 6.07) is 14.2. The number of carbonyl (C=O) groups is 2. The van der Waals surface area contributed by atoms with Crippen LogP contribution in [0.2, 0.25) is 0 Å². The molecule has 0 aliphatic rings. The first-order valence-electron chi connectivity index (χ1n) is 5.73. The molecule has 0 unspecified atom stereocenters. The zero-order chi connectivity index (χ0) is 13.7. The topological polar surface area (TPSA) is 46.2 Å². The van der Waals surface area contributed by atoms with Crippen LogP contribution in [-0.2, 0) is 0 Å². The lowest BCUT2D eigenvalue weighted by Gasteiger charge is -2.06. The second kappa shape index (κ2) is 6.20. The first-order valence-corrected chi connectivity index (χ1v) is 6.96. The van der Waals surface area contributed by atoms with Crippen LogP contribution in [-0.4, -0.2) is 18.4 Å². The Balaban J connectivity index is 2.13. The van der Waals surface area contributed by atoms with Gasteiger partial charge in [-0.2, -0.15) is 0 Å². The average molecular weight is 271 g/mol. The number of rotatable bonds is 4. The summed E-state index contributed by atoms with van der Waals surface area (Å²) in [4.78, 5) is 23.8. The number of hydrogen-bond donors (Lipinski definition) is 1. The van der Waals surface area contributed by atoms with Gasteiger partial charge in [0.25, 0.3) is 5.91 Å². The molecule has 2 rings (SSSR count). The summed E-state index contributed by atoms with van der Waals surface area (Å²) < 4.78 is 0. The van der Waals surface area contributed by atoms with E-state index < -0.39 is 0 Å². The van der Waals surface area contributed by atoms with Crippen LogP contribution < -0.4 is 5.32 Å². The molecular weight excluding hydrogens is 258 g/mol. The highest BCUT2D eigenvalue weighted by molar-refractivity contribution is 7.98. The van der Waals surface area contributed by atoms with Crippen LogP contribution in [0.15, 0.2) is 53.4 Å². The Morgan fingerprint density at radius 3 is 2.53 bits per heavy atom. The Hall–Kier alpha value is -2.07. The van der Waals surface area contributed by atoms with Crippen molar-refractivity contribution in [3.63, 3.8) is 0 Å². The van der Waals surface area contributed by atoms with Crippen LogP contribution in [0.5, 0.6) is 0 Å². The number of carbonyl (C=O) groups excluding carboxylic acids is 2. The summed E-state index contributed by atoms with van der Waals surface area (Å²) in [5.74, 6) is -0.185. The molecule has 2 aromatic carbocycles. The molecule has 0 atom stereocenters. The molecule has 0 aliphatic heterocycles. The van der Waals surface area contributed by atoms with Gasteiger partial charge in [-0.3, -0.25) is 9.59 Å². The van der Waals surface area contributed by atoms with E-state index in [1.807, 2.05) is 18.4 Å². The van der Waals surface area contributed by atoms with Gasteiger partial charge in [-0.1, -0.05) is 12.1 Å². The minimum atomic E-state index is -0.185. The van der Waals surface area contributed by atoms with E-state index in [0.29, 0.717) is 16.8 Å². The highest BCUT2D eigenvalue weighted by Gasteiger charge is 2.06. The van der Waals surface area contributed by atoms with Gasteiger partial charge in [0, 0.05) is 21.7 Å². The van der Waals surface area contributed by atoms with Gasteiger partial charge in [-0.15, -0.1) is 11.8 Å². The molecule has 19 heavy (non-hydrogen) atoms. The van der Waals surface area contributed by atoms with Gasteiger partial charge >= 0.3 is 0 Å². The number of amides is 1. The van der Waals surface area contributed by atoms with E-state index in [1.165, 1.54) is 0 Å². The highest BCUT2D eigenvalue weighted by Crippen LogP contribution is 2.16. The lowest BCUT2D eigenvalue weighted by atomic mass is 10.2. The standard InChI is InChI=1S/C15H13NO2S/c1-19-14-7-5-12(6-8-14)15(18)16-13-4-2-3-11(9-13)10-17/h2-10H,1H3,(H,16,18). The smallest absolute Gasteiger partial charge is 0.255 e. The van der Waals surface area contributed by atoms with Gasteiger partial charge < -0.3 is 5.32 Å². The molecule has 0 radical (unpaired) electrons. The summed E-state index contributed by atoms with van der Waals surface area (Å²) in [5, 5.41) is 2.77. The minimum absolute atomic E-state index is 0.185. The van der Waals surface area contributed by atoms with Crippen molar-refractivity contribution in [3.8, 4) is 0 Å². The van der Waals surface area contributed by atoms with Crippen LogP contribution in [0, 0.1) is 0 Å². The second-order valence-electron chi connectivity index (χ2n) is 3.93. The lowest BCUT2D eigenvalue weighted by molar-refractivity contribution is 0.102. The van der Waals surface area contributed by atoms with Gasteiger partial charge in [0.05, 0.1) is 0 Å². The maximum Gasteiger partial charge on any atom is 0.255 e. The quantitative estimate of drug-likeness (QED) is 0.684. The zero-order valence-corrected chi connectivity index (χ0v) is 11.2. The molecule has 96 valence electrons. The molecule has 0 heterocycles. The fourth-order valence-corrected chi connectivity index (χ4v) is 2.04. The van der Waals surface area contributed by atoms with Crippen molar-refractivity contribution in [1.29, 1.82) is 0 Å². The molecule has 0 saturated heterocycles. The number of anilines is 1. The molecule has 0 bridgehead atoms. The van der Waals surface area contributed by atoms with Gasteiger partial charge in [0.2, 0.25) is 0 Å². The molecule has 0 aromatic heterocycles. The molecule has 1 amide bonds. The van der Waals surface area contributed by atoms with Crippen molar-refractivity contribution in [2.24, 2.45) is 0 Å². The Labute approximate surface area is 116 Å². The van der Waals surface area contributed by atoms with Gasteiger partial charge in [-0.05, 0) is 42.7 Å². The fourth-order valence-electron chi connectivity index (χ4n) is 1.64. The molecule has 4 heteroatoms. The van der Waals surface area contributed by atoms with Crippen LogP contribution in [0.25, 0.3) is 0 Å². The maximum absolute atomic E-state index is 12.0. The predicted octanol–water partition coefficient (Wildman–Crippen LogP) is 3.47. The monoisotopic (exact) mass is 271 g/mol.